The molecule has 0 saturated heterocycles. The van der Waals surface area contributed by atoms with Crippen LogP contribution in [0, 0.1) is 23.1 Å². The Hall–Kier alpha value is -1.29. The molecule has 1 rings (SSSR count). The van der Waals surface area contributed by atoms with Gasteiger partial charge in [-0.2, -0.15) is 18.4 Å². The molecule has 0 aliphatic carbocycles. The van der Waals surface area contributed by atoms with Crippen molar-refractivity contribution in [2.45, 2.75) is 6.18 Å². The molecule has 0 amide bonds. The lowest BCUT2D eigenvalue weighted by atomic mass is 10.1. The minimum Gasteiger partial charge on any atom is -0.382 e. The van der Waals surface area contributed by atoms with Gasteiger partial charge in [-0.05, 0) is 34.1 Å². The minimum atomic E-state index is -4.58. The number of rotatable bonds is 3. The highest BCUT2D eigenvalue weighted by atomic mass is 79.9. The van der Waals surface area contributed by atoms with E-state index in [0.717, 1.165) is 12.1 Å². The van der Waals surface area contributed by atoms with E-state index in [0.29, 0.717) is 10.2 Å². The Morgan fingerprint density at radius 1 is 1.41 bits per heavy atom. The molecule has 0 spiro atoms. The number of nitriles is 1. The van der Waals surface area contributed by atoms with Gasteiger partial charge in [0.25, 0.3) is 0 Å². The number of anilines is 1. The van der Waals surface area contributed by atoms with Gasteiger partial charge in [0.2, 0.25) is 0 Å². The Morgan fingerprint density at radius 3 is 2.53 bits per heavy atom. The van der Waals surface area contributed by atoms with Crippen molar-refractivity contribution in [2.24, 2.45) is 5.92 Å². The van der Waals surface area contributed by atoms with Crippen LogP contribution in [0.15, 0.2) is 22.7 Å². The summed E-state index contributed by atoms with van der Waals surface area (Å²) in [6.45, 7) is -0.579. The topological polar surface area (TPSA) is 35.8 Å². The van der Waals surface area contributed by atoms with Crippen LogP contribution in [-0.2, 0) is 0 Å². The van der Waals surface area contributed by atoms with Crippen molar-refractivity contribution in [1.82, 2.24) is 0 Å². The maximum absolute atomic E-state index is 12.7. The van der Waals surface area contributed by atoms with Gasteiger partial charge in [-0.15, -0.1) is 0 Å². The standard InChI is InChI=1S/C10H7BrF4N2/c11-8-3-7(12)1-2-9(8)17-5-6(4-16)10(13,14)15/h1-3,6,17H,5H2. The molecule has 0 heterocycles. The first-order valence-electron chi connectivity index (χ1n) is 4.50. The maximum Gasteiger partial charge on any atom is 0.406 e. The Balaban J connectivity index is 2.71. The third-order valence-electron chi connectivity index (χ3n) is 1.98. The lowest BCUT2D eigenvalue weighted by molar-refractivity contribution is -0.155. The normalized spacial score (nSPS) is 12.9. The summed E-state index contributed by atoms with van der Waals surface area (Å²) in [6.07, 6.45) is -4.58. The molecule has 92 valence electrons. The number of hydrogen-bond acceptors (Lipinski definition) is 2. The summed E-state index contributed by atoms with van der Waals surface area (Å²) < 4.78 is 49.8. The Labute approximate surface area is 103 Å². The molecule has 1 N–H and O–H groups in total. The summed E-state index contributed by atoms with van der Waals surface area (Å²) >= 11 is 3.00. The van der Waals surface area contributed by atoms with Crippen molar-refractivity contribution in [2.75, 3.05) is 11.9 Å². The first-order chi connectivity index (χ1) is 7.84. The zero-order chi connectivity index (χ0) is 13.1. The first kappa shape index (κ1) is 13.8. The molecule has 0 radical (unpaired) electrons. The summed E-state index contributed by atoms with van der Waals surface area (Å²) in [4.78, 5) is 0. The van der Waals surface area contributed by atoms with E-state index < -0.39 is 24.5 Å². The van der Waals surface area contributed by atoms with Crippen molar-refractivity contribution in [3.8, 4) is 6.07 Å². The summed E-state index contributed by atoms with van der Waals surface area (Å²) in [5.74, 6) is -2.60. The number of nitrogens with zero attached hydrogens (tertiary/aromatic N) is 1. The Kier molecular flexibility index (Phi) is 4.34. The molecule has 0 saturated carbocycles. The highest BCUT2D eigenvalue weighted by Gasteiger charge is 2.39. The van der Waals surface area contributed by atoms with Crippen LogP contribution in [0.3, 0.4) is 0 Å². The molecule has 1 aromatic carbocycles. The van der Waals surface area contributed by atoms with Gasteiger partial charge in [0.05, 0.1) is 6.07 Å². The maximum atomic E-state index is 12.7. The third-order valence-corrected chi connectivity index (χ3v) is 2.63. The summed E-state index contributed by atoms with van der Waals surface area (Å²) in [5, 5.41) is 10.8. The fourth-order valence-corrected chi connectivity index (χ4v) is 1.57. The predicted octanol–water partition coefficient (Wildman–Crippen LogP) is 3.70. The van der Waals surface area contributed by atoms with Crippen LogP contribution in [0.2, 0.25) is 0 Å². The van der Waals surface area contributed by atoms with E-state index in [9.17, 15) is 17.6 Å². The zero-order valence-corrected chi connectivity index (χ0v) is 9.94. The second-order valence-corrected chi connectivity index (χ2v) is 4.08. The number of alkyl halides is 3. The minimum absolute atomic E-state index is 0.302. The fourth-order valence-electron chi connectivity index (χ4n) is 1.08. The molecular weight excluding hydrogens is 304 g/mol. The molecule has 0 bridgehead atoms. The summed E-state index contributed by atoms with van der Waals surface area (Å²) in [6, 6.07) is 4.70. The van der Waals surface area contributed by atoms with Crippen LogP contribution in [-0.4, -0.2) is 12.7 Å². The molecule has 1 aromatic rings. The van der Waals surface area contributed by atoms with E-state index in [1.807, 2.05) is 0 Å². The van der Waals surface area contributed by atoms with Gasteiger partial charge < -0.3 is 5.32 Å². The van der Waals surface area contributed by atoms with E-state index in [2.05, 4.69) is 21.2 Å². The number of hydrogen-bond donors (Lipinski definition) is 1. The quantitative estimate of drug-likeness (QED) is 0.864. The van der Waals surface area contributed by atoms with Crippen LogP contribution >= 0.6 is 15.9 Å². The first-order valence-corrected chi connectivity index (χ1v) is 5.29. The molecule has 17 heavy (non-hydrogen) atoms. The molecule has 7 heteroatoms. The molecule has 1 unspecified atom stereocenters. The molecular formula is C10H7BrF4N2. The van der Waals surface area contributed by atoms with Crippen LogP contribution < -0.4 is 5.32 Å². The third kappa shape index (κ3) is 3.89. The van der Waals surface area contributed by atoms with Gasteiger partial charge in [-0.25, -0.2) is 4.39 Å². The van der Waals surface area contributed by atoms with E-state index in [4.69, 9.17) is 5.26 Å². The largest absolute Gasteiger partial charge is 0.406 e. The average molecular weight is 311 g/mol. The SMILES string of the molecule is N#CC(CNc1ccc(F)cc1Br)C(F)(F)F. The molecule has 0 aromatic heterocycles. The van der Waals surface area contributed by atoms with Gasteiger partial charge in [-0.1, -0.05) is 0 Å². The van der Waals surface area contributed by atoms with Crippen molar-refractivity contribution >= 4 is 21.6 Å². The molecule has 2 nitrogen and oxygen atoms in total. The van der Waals surface area contributed by atoms with Gasteiger partial charge in [0.15, 0.2) is 5.92 Å². The summed E-state index contributed by atoms with van der Waals surface area (Å²) in [7, 11) is 0. The van der Waals surface area contributed by atoms with Crippen molar-refractivity contribution in [1.29, 1.82) is 5.26 Å². The fraction of sp³-hybridized carbons (Fsp3) is 0.300. The van der Waals surface area contributed by atoms with Crippen LogP contribution in [0.1, 0.15) is 0 Å². The lowest BCUT2D eigenvalue weighted by Crippen LogP contribution is -2.28. The molecule has 0 aliphatic heterocycles. The molecule has 0 aliphatic rings. The van der Waals surface area contributed by atoms with Gasteiger partial charge in [-0.3, -0.25) is 0 Å². The van der Waals surface area contributed by atoms with E-state index >= 15 is 0 Å². The lowest BCUT2D eigenvalue weighted by Gasteiger charge is -2.15. The van der Waals surface area contributed by atoms with Crippen molar-refractivity contribution in [3.05, 3.63) is 28.5 Å². The Bertz CT molecular complexity index is 439. The molecule has 0 fully saturated rings. The number of nitrogens with one attached hydrogen (secondary N) is 1. The average Bonchev–Trinajstić information content (AvgIpc) is 2.19. The van der Waals surface area contributed by atoms with Crippen LogP contribution in [0.5, 0.6) is 0 Å². The second-order valence-electron chi connectivity index (χ2n) is 3.23. The monoisotopic (exact) mass is 310 g/mol. The van der Waals surface area contributed by atoms with E-state index in [-0.39, 0.29) is 0 Å². The highest BCUT2D eigenvalue weighted by Crippen LogP contribution is 2.28. The number of halogens is 5. The van der Waals surface area contributed by atoms with Crippen LogP contribution in [0.4, 0.5) is 23.2 Å². The van der Waals surface area contributed by atoms with E-state index in [1.54, 1.807) is 0 Å². The van der Waals surface area contributed by atoms with Crippen molar-refractivity contribution < 1.29 is 17.6 Å². The zero-order valence-electron chi connectivity index (χ0n) is 8.35. The van der Waals surface area contributed by atoms with E-state index in [1.165, 1.54) is 12.1 Å². The predicted molar refractivity (Wildman–Crippen MR) is 57.7 cm³/mol. The smallest absolute Gasteiger partial charge is 0.382 e. The van der Waals surface area contributed by atoms with Crippen molar-refractivity contribution in [3.63, 3.8) is 0 Å². The van der Waals surface area contributed by atoms with Crippen LogP contribution in [0.25, 0.3) is 0 Å². The molecule has 1 atom stereocenters. The highest BCUT2D eigenvalue weighted by molar-refractivity contribution is 9.10. The second kappa shape index (κ2) is 5.36. The summed E-state index contributed by atoms with van der Waals surface area (Å²) in [5.41, 5.74) is 0.302. The van der Waals surface area contributed by atoms with Gasteiger partial charge >= 0.3 is 6.18 Å². The van der Waals surface area contributed by atoms with Gasteiger partial charge in [0.1, 0.15) is 5.82 Å². The number of benzene rings is 1. The van der Waals surface area contributed by atoms with Gasteiger partial charge in [0, 0.05) is 16.7 Å². The Morgan fingerprint density at radius 2 is 2.06 bits per heavy atom.